The molecule has 0 bridgehead atoms. The molecule has 1 amide bonds. The van der Waals surface area contributed by atoms with Crippen molar-refractivity contribution in [2.75, 3.05) is 11.1 Å². The van der Waals surface area contributed by atoms with Gasteiger partial charge in [0.05, 0.1) is 0 Å². The fourth-order valence-electron chi connectivity index (χ4n) is 2.01. The van der Waals surface area contributed by atoms with Gasteiger partial charge in [0, 0.05) is 5.75 Å². The summed E-state index contributed by atoms with van der Waals surface area (Å²) in [4.78, 5) is 12.3. The predicted octanol–water partition coefficient (Wildman–Crippen LogP) is 4.74. The van der Waals surface area contributed by atoms with Crippen LogP contribution in [0.2, 0.25) is 0 Å². The Labute approximate surface area is 157 Å². The van der Waals surface area contributed by atoms with E-state index in [9.17, 15) is 4.79 Å². The van der Waals surface area contributed by atoms with Gasteiger partial charge in [0.1, 0.15) is 5.75 Å². The van der Waals surface area contributed by atoms with Crippen molar-refractivity contribution in [3.8, 4) is 5.75 Å². The number of aromatic nitrogens is 2. The fraction of sp³-hybridized carbons (Fsp3) is 0.500. The number of nitrogens with one attached hydrogen (secondary N) is 1. The normalized spacial score (nSPS) is 12.7. The number of nitrogens with zero attached hydrogens (tertiary/aromatic N) is 2. The van der Waals surface area contributed by atoms with Crippen LogP contribution < -0.4 is 10.1 Å². The van der Waals surface area contributed by atoms with Gasteiger partial charge in [-0.05, 0) is 36.5 Å². The third kappa shape index (κ3) is 6.01. The SMILES string of the molecule is CCCSc1nnc(NC(=O)C(C)Oc2ccc(C(C)(C)C)cc2)s1. The molecule has 5 nitrogen and oxygen atoms in total. The lowest BCUT2D eigenvalue weighted by molar-refractivity contribution is -0.122. The Balaban J connectivity index is 1.90. The zero-order valence-electron chi connectivity index (χ0n) is 15.3. The van der Waals surface area contributed by atoms with E-state index in [4.69, 9.17) is 4.74 Å². The van der Waals surface area contributed by atoms with Crippen LogP contribution >= 0.6 is 23.1 Å². The number of hydrogen-bond donors (Lipinski definition) is 1. The highest BCUT2D eigenvalue weighted by atomic mass is 32.2. The maximum atomic E-state index is 12.3. The quantitative estimate of drug-likeness (QED) is 0.556. The number of hydrogen-bond acceptors (Lipinski definition) is 6. The first-order valence-electron chi connectivity index (χ1n) is 8.34. The first-order valence-corrected chi connectivity index (χ1v) is 10.1. The highest BCUT2D eigenvalue weighted by Gasteiger charge is 2.18. The van der Waals surface area contributed by atoms with E-state index in [1.54, 1.807) is 18.7 Å². The summed E-state index contributed by atoms with van der Waals surface area (Å²) in [6.45, 7) is 10.3. The van der Waals surface area contributed by atoms with Crippen molar-refractivity contribution in [2.45, 2.75) is 56.9 Å². The zero-order chi connectivity index (χ0) is 18.4. The second-order valence-corrected chi connectivity index (χ2v) is 9.06. The summed E-state index contributed by atoms with van der Waals surface area (Å²) in [5, 5.41) is 11.3. The van der Waals surface area contributed by atoms with Crippen molar-refractivity contribution in [3.05, 3.63) is 29.8 Å². The maximum Gasteiger partial charge on any atom is 0.266 e. The number of thioether (sulfide) groups is 1. The topological polar surface area (TPSA) is 64.1 Å². The molecular weight excluding hydrogens is 354 g/mol. The first-order chi connectivity index (χ1) is 11.8. The molecule has 136 valence electrons. The number of carbonyl (C=O) groups is 1. The van der Waals surface area contributed by atoms with Gasteiger partial charge in [-0.15, -0.1) is 10.2 Å². The van der Waals surface area contributed by atoms with Gasteiger partial charge in [0.25, 0.3) is 5.91 Å². The number of ether oxygens (including phenoxy) is 1. The van der Waals surface area contributed by atoms with Gasteiger partial charge < -0.3 is 4.74 Å². The molecule has 1 unspecified atom stereocenters. The lowest BCUT2D eigenvalue weighted by Gasteiger charge is -2.20. The van der Waals surface area contributed by atoms with Crippen LogP contribution in [0.5, 0.6) is 5.75 Å². The molecule has 0 aliphatic carbocycles. The van der Waals surface area contributed by atoms with Crippen molar-refractivity contribution in [1.29, 1.82) is 0 Å². The van der Waals surface area contributed by atoms with E-state index >= 15 is 0 Å². The minimum atomic E-state index is -0.615. The zero-order valence-corrected chi connectivity index (χ0v) is 17.0. The first kappa shape index (κ1) is 19.7. The van der Waals surface area contributed by atoms with Crippen molar-refractivity contribution >= 4 is 34.1 Å². The van der Waals surface area contributed by atoms with Crippen molar-refractivity contribution in [2.24, 2.45) is 0 Å². The Hall–Kier alpha value is -1.60. The van der Waals surface area contributed by atoms with Gasteiger partial charge in [-0.25, -0.2) is 0 Å². The van der Waals surface area contributed by atoms with E-state index < -0.39 is 6.10 Å². The maximum absolute atomic E-state index is 12.3. The molecule has 0 fully saturated rings. The predicted molar refractivity (Wildman–Crippen MR) is 105 cm³/mol. The number of rotatable bonds is 7. The minimum Gasteiger partial charge on any atom is -0.481 e. The van der Waals surface area contributed by atoms with E-state index in [-0.39, 0.29) is 11.3 Å². The van der Waals surface area contributed by atoms with E-state index in [0.717, 1.165) is 16.5 Å². The molecule has 7 heteroatoms. The molecule has 0 saturated carbocycles. The van der Waals surface area contributed by atoms with Crippen LogP contribution in [0.4, 0.5) is 5.13 Å². The summed E-state index contributed by atoms with van der Waals surface area (Å²) < 4.78 is 6.59. The van der Waals surface area contributed by atoms with E-state index in [2.05, 4.69) is 43.2 Å². The molecule has 0 aliphatic rings. The lowest BCUT2D eigenvalue weighted by Crippen LogP contribution is -2.30. The highest BCUT2D eigenvalue weighted by molar-refractivity contribution is 8.01. The molecule has 2 rings (SSSR count). The summed E-state index contributed by atoms with van der Waals surface area (Å²) >= 11 is 3.03. The van der Waals surface area contributed by atoms with Crippen LogP contribution in [0, 0.1) is 0 Å². The summed E-state index contributed by atoms with van der Waals surface area (Å²) in [5.41, 5.74) is 1.32. The van der Waals surface area contributed by atoms with Crippen LogP contribution in [-0.4, -0.2) is 28.0 Å². The highest BCUT2D eigenvalue weighted by Crippen LogP contribution is 2.27. The summed E-state index contributed by atoms with van der Waals surface area (Å²) in [7, 11) is 0. The number of carbonyl (C=O) groups excluding carboxylic acids is 1. The second-order valence-electron chi connectivity index (χ2n) is 6.75. The molecule has 0 radical (unpaired) electrons. The third-order valence-electron chi connectivity index (χ3n) is 3.47. The van der Waals surface area contributed by atoms with E-state index in [0.29, 0.717) is 10.9 Å². The largest absolute Gasteiger partial charge is 0.481 e. The average molecular weight is 380 g/mol. The molecule has 2 aromatic rings. The van der Waals surface area contributed by atoms with Crippen molar-refractivity contribution in [3.63, 3.8) is 0 Å². The average Bonchev–Trinajstić information content (AvgIpc) is 3.00. The smallest absolute Gasteiger partial charge is 0.266 e. The molecular formula is C18H25N3O2S2. The van der Waals surface area contributed by atoms with Crippen molar-refractivity contribution < 1.29 is 9.53 Å². The fourth-order valence-corrected chi connectivity index (χ4v) is 3.69. The van der Waals surface area contributed by atoms with Gasteiger partial charge in [0.15, 0.2) is 10.4 Å². The van der Waals surface area contributed by atoms with Crippen LogP contribution in [-0.2, 0) is 10.2 Å². The van der Waals surface area contributed by atoms with Crippen LogP contribution in [0.1, 0.15) is 46.6 Å². The summed E-state index contributed by atoms with van der Waals surface area (Å²) in [6, 6.07) is 7.85. The molecule has 1 N–H and O–H groups in total. The molecule has 0 spiro atoms. The van der Waals surface area contributed by atoms with Crippen LogP contribution in [0.3, 0.4) is 0 Å². The molecule has 25 heavy (non-hydrogen) atoms. The monoisotopic (exact) mass is 379 g/mol. The Bertz CT molecular complexity index is 693. The molecule has 1 aromatic carbocycles. The number of anilines is 1. The van der Waals surface area contributed by atoms with E-state index in [1.807, 2.05) is 24.3 Å². The molecule has 1 atom stereocenters. The Kier molecular flexibility index (Phi) is 6.84. The van der Waals surface area contributed by atoms with Crippen molar-refractivity contribution in [1.82, 2.24) is 10.2 Å². The van der Waals surface area contributed by atoms with Gasteiger partial charge in [-0.2, -0.15) is 0 Å². The number of benzene rings is 1. The standard InChI is InChI=1S/C18H25N3O2S2/c1-6-11-24-17-21-20-16(25-17)19-15(22)12(2)23-14-9-7-13(8-10-14)18(3,4)5/h7-10,12H,6,11H2,1-5H3,(H,19,20,22). The van der Waals surface area contributed by atoms with Crippen LogP contribution in [0.25, 0.3) is 0 Å². The second kappa shape index (κ2) is 8.67. The third-order valence-corrected chi connectivity index (χ3v) is 5.65. The van der Waals surface area contributed by atoms with Gasteiger partial charge in [-0.1, -0.05) is 62.9 Å². The minimum absolute atomic E-state index is 0.0901. The molecule has 1 aromatic heterocycles. The van der Waals surface area contributed by atoms with Gasteiger partial charge in [-0.3, -0.25) is 10.1 Å². The molecule has 0 aliphatic heterocycles. The molecule has 1 heterocycles. The Morgan fingerprint density at radius 1 is 1.28 bits per heavy atom. The summed E-state index contributed by atoms with van der Waals surface area (Å²) in [6.07, 6.45) is 0.460. The van der Waals surface area contributed by atoms with Gasteiger partial charge in [0.2, 0.25) is 5.13 Å². The Morgan fingerprint density at radius 2 is 1.96 bits per heavy atom. The summed E-state index contributed by atoms with van der Waals surface area (Å²) in [5.74, 6) is 1.43. The molecule has 0 saturated heterocycles. The lowest BCUT2D eigenvalue weighted by atomic mass is 9.87. The van der Waals surface area contributed by atoms with E-state index in [1.165, 1.54) is 16.9 Å². The van der Waals surface area contributed by atoms with Gasteiger partial charge >= 0.3 is 0 Å². The Morgan fingerprint density at radius 3 is 2.56 bits per heavy atom. The number of amides is 1. The van der Waals surface area contributed by atoms with Crippen LogP contribution in [0.15, 0.2) is 28.6 Å².